The van der Waals surface area contributed by atoms with Crippen LogP contribution in [-0.4, -0.2) is 11.1 Å². The van der Waals surface area contributed by atoms with Crippen molar-refractivity contribution in [2.45, 2.75) is 78.6 Å². The molecular formula is C15H30O2. The Morgan fingerprint density at radius 2 is 1.65 bits per heavy atom. The summed E-state index contributed by atoms with van der Waals surface area (Å²) in [5.41, 5.74) is 0. The van der Waals surface area contributed by atoms with E-state index in [9.17, 15) is 4.79 Å². The van der Waals surface area contributed by atoms with Gasteiger partial charge >= 0.3 is 5.97 Å². The van der Waals surface area contributed by atoms with Gasteiger partial charge in [0, 0.05) is 0 Å². The van der Waals surface area contributed by atoms with Gasteiger partial charge < -0.3 is 5.11 Å². The smallest absolute Gasteiger partial charge is 0.306 e. The van der Waals surface area contributed by atoms with E-state index >= 15 is 0 Å². The molecule has 0 bridgehead atoms. The maximum atomic E-state index is 10.9. The number of hydrogen-bond acceptors (Lipinski definition) is 1. The topological polar surface area (TPSA) is 37.3 Å². The van der Waals surface area contributed by atoms with Crippen LogP contribution in [0.15, 0.2) is 0 Å². The molecule has 2 unspecified atom stereocenters. The lowest BCUT2D eigenvalue weighted by molar-refractivity contribution is -0.142. The molecule has 0 rings (SSSR count). The molecule has 1 N–H and O–H groups in total. The summed E-state index contributed by atoms with van der Waals surface area (Å²) < 4.78 is 0. The molecule has 0 aromatic rings. The van der Waals surface area contributed by atoms with Crippen LogP contribution in [0.3, 0.4) is 0 Å². The fourth-order valence-electron chi connectivity index (χ4n) is 2.28. The Morgan fingerprint density at radius 1 is 1.00 bits per heavy atom. The Labute approximate surface area is 107 Å². The van der Waals surface area contributed by atoms with Crippen LogP contribution in [0.4, 0.5) is 0 Å². The third-order valence-corrected chi connectivity index (χ3v) is 3.64. The molecule has 2 nitrogen and oxygen atoms in total. The number of aliphatic carboxylic acids is 1. The van der Waals surface area contributed by atoms with E-state index in [1.165, 1.54) is 38.5 Å². The van der Waals surface area contributed by atoms with Crippen molar-refractivity contribution in [3.63, 3.8) is 0 Å². The van der Waals surface area contributed by atoms with Crippen LogP contribution in [-0.2, 0) is 4.79 Å². The molecule has 0 amide bonds. The first-order valence-electron chi connectivity index (χ1n) is 7.34. The van der Waals surface area contributed by atoms with Crippen LogP contribution < -0.4 is 0 Å². The summed E-state index contributed by atoms with van der Waals surface area (Å²) in [6.45, 7) is 6.50. The molecule has 102 valence electrons. The van der Waals surface area contributed by atoms with Gasteiger partial charge in [0.2, 0.25) is 0 Å². The molecule has 0 fully saturated rings. The fourth-order valence-corrected chi connectivity index (χ4v) is 2.28. The number of unbranched alkanes of at least 4 members (excludes halogenated alkanes) is 3. The van der Waals surface area contributed by atoms with Gasteiger partial charge in [0.05, 0.1) is 5.92 Å². The van der Waals surface area contributed by atoms with E-state index in [-0.39, 0.29) is 5.92 Å². The SMILES string of the molecule is CCCCCCC(C)CCCC(CC)C(=O)O. The second-order valence-electron chi connectivity index (χ2n) is 5.33. The van der Waals surface area contributed by atoms with Gasteiger partial charge in [-0.3, -0.25) is 4.79 Å². The minimum absolute atomic E-state index is 0.123. The lowest BCUT2D eigenvalue weighted by Gasteiger charge is -2.13. The number of carboxylic acid groups (broad SMARTS) is 1. The average molecular weight is 242 g/mol. The standard InChI is InChI=1S/C15H30O2/c1-4-6-7-8-10-13(3)11-9-12-14(5-2)15(16)17/h13-14H,4-12H2,1-3H3,(H,16,17). The summed E-state index contributed by atoms with van der Waals surface area (Å²) in [7, 11) is 0. The zero-order chi connectivity index (χ0) is 13.1. The second-order valence-corrected chi connectivity index (χ2v) is 5.33. The molecule has 2 atom stereocenters. The van der Waals surface area contributed by atoms with Gasteiger partial charge in [-0.2, -0.15) is 0 Å². The zero-order valence-corrected chi connectivity index (χ0v) is 11.9. The normalized spacial score (nSPS) is 14.5. The third kappa shape index (κ3) is 9.20. The first-order valence-corrected chi connectivity index (χ1v) is 7.34. The average Bonchev–Trinajstić information content (AvgIpc) is 2.30. The molecule has 0 spiro atoms. The summed E-state index contributed by atoms with van der Waals surface area (Å²) in [5.74, 6) is 0.0172. The van der Waals surface area contributed by atoms with Gasteiger partial charge in [-0.05, 0) is 18.8 Å². The minimum atomic E-state index is -0.622. The second kappa shape index (κ2) is 10.6. The molecule has 0 saturated heterocycles. The summed E-state index contributed by atoms with van der Waals surface area (Å²) in [4.78, 5) is 10.9. The van der Waals surface area contributed by atoms with Crippen molar-refractivity contribution < 1.29 is 9.90 Å². The van der Waals surface area contributed by atoms with E-state index in [1.54, 1.807) is 0 Å². The molecule has 0 aliphatic carbocycles. The van der Waals surface area contributed by atoms with Crippen LogP contribution >= 0.6 is 0 Å². The largest absolute Gasteiger partial charge is 0.481 e. The van der Waals surface area contributed by atoms with E-state index in [4.69, 9.17) is 5.11 Å². The van der Waals surface area contributed by atoms with Crippen molar-refractivity contribution in [2.75, 3.05) is 0 Å². The van der Waals surface area contributed by atoms with Crippen LogP contribution in [0.5, 0.6) is 0 Å². The van der Waals surface area contributed by atoms with Gasteiger partial charge in [0.1, 0.15) is 0 Å². The van der Waals surface area contributed by atoms with Crippen LogP contribution in [0.2, 0.25) is 0 Å². The first kappa shape index (κ1) is 16.5. The van der Waals surface area contributed by atoms with E-state index in [2.05, 4.69) is 13.8 Å². The minimum Gasteiger partial charge on any atom is -0.481 e. The van der Waals surface area contributed by atoms with Crippen molar-refractivity contribution in [3.8, 4) is 0 Å². The maximum Gasteiger partial charge on any atom is 0.306 e. The highest BCUT2D eigenvalue weighted by molar-refractivity contribution is 5.69. The van der Waals surface area contributed by atoms with E-state index < -0.39 is 5.97 Å². The molecule has 0 aliphatic rings. The first-order chi connectivity index (χ1) is 8.11. The zero-order valence-electron chi connectivity index (χ0n) is 11.9. The lowest BCUT2D eigenvalue weighted by Crippen LogP contribution is -2.12. The highest BCUT2D eigenvalue weighted by Gasteiger charge is 2.14. The number of carbonyl (C=O) groups is 1. The molecule has 17 heavy (non-hydrogen) atoms. The molecule has 0 aliphatic heterocycles. The predicted octanol–water partition coefficient (Wildman–Crippen LogP) is 4.87. The van der Waals surface area contributed by atoms with Gasteiger partial charge in [-0.15, -0.1) is 0 Å². The predicted molar refractivity (Wildman–Crippen MR) is 73.2 cm³/mol. The van der Waals surface area contributed by atoms with Crippen molar-refractivity contribution in [3.05, 3.63) is 0 Å². The monoisotopic (exact) mass is 242 g/mol. The lowest BCUT2D eigenvalue weighted by atomic mass is 9.93. The molecular weight excluding hydrogens is 212 g/mol. The third-order valence-electron chi connectivity index (χ3n) is 3.64. The molecule has 2 heteroatoms. The number of hydrogen-bond donors (Lipinski definition) is 1. The Kier molecular flexibility index (Phi) is 10.3. The van der Waals surface area contributed by atoms with Crippen molar-refractivity contribution in [1.29, 1.82) is 0 Å². The number of carboxylic acids is 1. The summed E-state index contributed by atoms with van der Waals surface area (Å²) in [6.07, 6.45) is 10.5. The van der Waals surface area contributed by atoms with E-state index in [1.807, 2.05) is 6.92 Å². The van der Waals surface area contributed by atoms with E-state index in [0.29, 0.717) is 0 Å². The fraction of sp³-hybridized carbons (Fsp3) is 0.933. The quantitative estimate of drug-likeness (QED) is 0.525. The van der Waals surface area contributed by atoms with Gasteiger partial charge in [0.15, 0.2) is 0 Å². The Morgan fingerprint density at radius 3 is 2.18 bits per heavy atom. The highest BCUT2D eigenvalue weighted by Crippen LogP contribution is 2.19. The Bertz CT molecular complexity index is 189. The molecule has 0 aromatic carbocycles. The van der Waals surface area contributed by atoms with Gasteiger partial charge in [-0.25, -0.2) is 0 Å². The molecule has 0 saturated carbocycles. The van der Waals surface area contributed by atoms with Crippen LogP contribution in [0.1, 0.15) is 78.6 Å². The maximum absolute atomic E-state index is 10.9. The van der Waals surface area contributed by atoms with Crippen LogP contribution in [0, 0.1) is 11.8 Å². The highest BCUT2D eigenvalue weighted by atomic mass is 16.4. The summed E-state index contributed by atoms with van der Waals surface area (Å²) >= 11 is 0. The Hall–Kier alpha value is -0.530. The number of rotatable bonds is 11. The summed E-state index contributed by atoms with van der Waals surface area (Å²) in [6, 6.07) is 0. The van der Waals surface area contributed by atoms with Crippen molar-refractivity contribution in [1.82, 2.24) is 0 Å². The van der Waals surface area contributed by atoms with Crippen molar-refractivity contribution >= 4 is 5.97 Å². The molecule has 0 radical (unpaired) electrons. The summed E-state index contributed by atoms with van der Waals surface area (Å²) in [5, 5.41) is 8.94. The van der Waals surface area contributed by atoms with Gasteiger partial charge in [0.25, 0.3) is 0 Å². The Balaban J connectivity index is 3.49. The molecule has 0 aromatic heterocycles. The van der Waals surface area contributed by atoms with Crippen molar-refractivity contribution in [2.24, 2.45) is 11.8 Å². The van der Waals surface area contributed by atoms with Crippen LogP contribution in [0.25, 0.3) is 0 Å². The van der Waals surface area contributed by atoms with Gasteiger partial charge in [-0.1, -0.05) is 65.7 Å². The van der Waals surface area contributed by atoms with E-state index in [0.717, 1.165) is 25.2 Å². The molecule has 0 heterocycles.